The number of aromatic nitrogens is 1. The molecule has 1 aromatic heterocycles. The van der Waals surface area contributed by atoms with Crippen molar-refractivity contribution in [3.63, 3.8) is 0 Å². The summed E-state index contributed by atoms with van der Waals surface area (Å²) in [4.78, 5) is 19.6. The highest BCUT2D eigenvalue weighted by Gasteiger charge is 2.40. The smallest absolute Gasteiger partial charge is 0.195 e. The summed E-state index contributed by atoms with van der Waals surface area (Å²) < 4.78 is 0. The Morgan fingerprint density at radius 1 is 1.17 bits per heavy atom. The SMILES string of the molecule is CCc1cc2c(cc1N1CCNCC1)C(C)(C)c1[nH]c3cc(C#N)ccc3c1C2=O. The predicted octanol–water partition coefficient (Wildman–Crippen LogP) is 3.88. The molecule has 30 heavy (non-hydrogen) atoms. The molecule has 0 unspecified atom stereocenters. The van der Waals surface area contributed by atoms with E-state index in [0.29, 0.717) is 5.56 Å². The maximum absolute atomic E-state index is 13.7. The lowest BCUT2D eigenvalue weighted by Crippen LogP contribution is -2.44. The molecule has 1 saturated heterocycles. The van der Waals surface area contributed by atoms with E-state index >= 15 is 0 Å². The molecule has 1 fully saturated rings. The summed E-state index contributed by atoms with van der Waals surface area (Å²) >= 11 is 0. The number of anilines is 1. The molecular weight excluding hydrogens is 372 g/mol. The van der Waals surface area contributed by atoms with E-state index in [1.54, 1.807) is 6.07 Å². The topological polar surface area (TPSA) is 71.9 Å². The van der Waals surface area contributed by atoms with Crippen LogP contribution in [0.5, 0.6) is 0 Å². The van der Waals surface area contributed by atoms with Crippen LogP contribution in [0.3, 0.4) is 0 Å². The number of nitriles is 1. The molecule has 5 rings (SSSR count). The van der Waals surface area contributed by atoms with Crippen LogP contribution in [-0.2, 0) is 11.8 Å². The minimum absolute atomic E-state index is 0.0804. The van der Waals surface area contributed by atoms with Crippen LogP contribution in [-0.4, -0.2) is 36.9 Å². The molecule has 2 N–H and O–H groups in total. The Balaban J connectivity index is 1.73. The van der Waals surface area contributed by atoms with E-state index in [2.05, 4.69) is 54.2 Å². The minimum Gasteiger partial charge on any atom is -0.369 e. The number of ketones is 1. The third-order valence-corrected chi connectivity index (χ3v) is 6.76. The number of H-pyrrole nitrogens is 1. The number of nitrogens with one attached hydrogen (secondary N) is 2. The van der Waals surface area contributed by atoms with Gasteiger partial charge >= 0.3 is 0 Å². The highest BCUT2D eigenvalue weighted by atomic mass is 16.1. The van der Waals surface area contributed by atoms with E-state index in [1.165, 1.54) is 11.3 Å². The van der Waals surface area contributed by atoms with Gasteiger partial charge in [0.25, 0.3) is 0 Å². The van der Waals surface area contributed by atoms with Crippen LogP contribution >= 0.6 is 0 Å². The summed E-state index contributed by atoms with van der Waals surface area (Å²) in [5, 5.41) is 13.6. The second kappa shape index (κ2) is 6.72. The van der Waals surface area contributed by atoms with Gasteiger partial charge in [0.1, 0.15) is 0 Å². The van der Waals surface area contributed by atoms with Gasteiger partial charge in [0.2, 0.25) is 0 Å². The highest BCUT2D eigenvalue weighted by molar-refractivity contribution is 6.20. The van der Waals surface area contributed by atoms with E-state index < -0.39 is 0 Å². The molecule has 0 spiro atoms. The monoisotopic (exact) mass is 398 g/mol. The Morgan fingerprint density at radius 3 is 2.63 bits per heavy atom. The Labute approximate surface area is 176 Å². The first-order valence-corrected chi connectivity index (χ1v) is 10.7. The summed E-state index contributed by atoms with van der Waals surface area (Å²) in [6, 6.07) is 12.1. The van der Waals surface area contributed by atoms with Crippen LogP contribution in [0.15, 0.2) is 30.3 Å². The molecule has 1 aliphatic carbocycles. The molecule has 0 radical (unpaired) electrons. The molecule has 3 aromatic rings. The first-order chi connectivity index (χ1) is 14.5. The molecular formula is C25H26N4O. The lowest BCUT2D eigenvalue weighted by Gasteiger charge is -2.36. The summed E-state index contributed by atoms with van der Waals surface area (Å²) in [7, 11) is 0. The summed E-state index contributed by atoms with van der Waals surface area (Å²) in [5.41, 5.74) is 7.19. The number of carbonyl (C=O) groups is 1. The van der Waals surface area contributed by atoms with Gasteiger partial charge in [-0.15, -0.1) is 0 Å². The van der Waals surface area contributed by atoms with Crippen LogP contribution in [0.25, 0.3) is 10.9 Å². The molecule has 1 aliphatic heterocycles. The number of aromatic amines is 1. The lowest BCUT2D eigenvalue weighted by atomic mass is 9.70. The van der Waals surface area contributed by atoms with Gasteiger partial charge < -0.3 is 15.2 Å². The van der Waals surface area contributed by atoms with Gasteiger partial charge in [-0.25, -0.2) is 0 Å². The van der Waals surface area contributed by atoms with E-state index in [-0.39, 0.29) is 11.2 Å². The maximum Gasteiger partial charge on any atom is 0.195 e. The normalized spacial score (nSPS) is 17.5. The van der Waals surface area contributed by atoms with Gasteiger partial charge in [0.05, 0.1) is 17.2 Å². The molecule has 0 amide bonds. The number of rotatable bonds is 2. The predicted molar refractivity (Wildman–Crippen MR) is 119 cm³/mol. The number of piperazine rings is 1. The molecule has 0 saturated carbocycles. The van der Waals surface area contributed by atoms with Gasteiger partial charge in [0.15, 0.2) is 5.78 Å². The molecule has 152 valence electrons. The van der Waals surface area contributed by atoms with Crippen LogP contribution in [0, 0.1) is 11.3 Å². The number of hydrogen-bond acceptors (Lipinski definition) is 4. The average Bonchev–Trinajstić information content (AvgIpc) is 3.17. The van der Waals surface area contributed by atoms with Crippen molar-refractivity contribution in [2.75, 3.05) is 31.1 Å². The zero-order valence-electron chi connectivity index (χ0n) is 17.7. The van der Waals surface area contributed by atoms with E-state index in [0.717, 1.165) is 65.9 Å². The summed E-state index contributed by atoms with van der Waals surface area (Å²) in [6.07, 6.45) is 0.895. The fourth-order valence-corrected chi connectivity index (χ4v) is 5.06. The van der Waals surface area contributed by atoms with Gasteiger partial charge in [-0.2, -0.15) is 5.26 Å². The van der Waals surface area contributed by atoms with Crippen LogP contribution in [0.4, 0.5) is 5.69 Å². The number of benzene rings is 2. The Kier molecular flexibility index (Phi) is 4.23. The fraction of sp³-hybridized carbons (Fsp3) is 0.360. The largest absolute Gasteiger partial charge is 0.369 e. The zero-order valence-corrected chi connectivity index (χ0v) is 17.7. The number of carbonyl (C=O) groups excluding carboxylic acids is 1. The summed E-state index contributed by atoms with van der Waals surface area (Å²) in [5.74, 6) is 0.0804. The van der Waals surface area contributed by atoms with Crippen molar-refractivity contribution in [3.05, 3.63) is 63.8 Å². The Bertz CT molecular complexity index is 1220. The standard InChI is InChI=1S/C25H26N4O/c1-4-16-12-18-19(13-21(16)29-9-7-27-8-10-29)25(2,3)24-22(23(18)30)17-6-5-15(14-26)11-20(17)28-24/h5-6,11-13,27-28H,4,7-10H2,1-3H3. The summed E-state index contributed by atoms with van der Waals surface area (Å²) in [6.45, 7) is 10.5. The minimum atomic E-state index is -0.334. The molecule has 5 nitrogen and oxygen atoms in total. The maximum atomic E-state index is 13.7. The average molecular weight is 399 g/mol. The van der Waals surface area contributed by atoms with E-state index in [9.17, 15) is 10.1 Å². The second-order valence-corrected chi connectivity index (χ2v) is 8.82. The van der Waals surface area contributed by atoms with Crippen molar-refractivity contribution >= 4 is 22.4 Å². The molecule has 0 bridgehead atoms. The van der Waals surface area contributed by atoms with Crippen LogP contribution < -0.4 is 10.2 Å². The van der Waals surface area contributed by atoms with Crippen molar-refractivity contribution in [2.24, 2.45) is 0 Å². The third-order valence-electron chi connectivity index (χ3n) is 6.76. The van der Waals surface area contributed by atoms with Crippen molar-refractivity contribution in [1.29, 1.82) is 5.26 Å². The molecule has 2 heterocycles. The van der Waals surface area contributed by atoms with Gasteiger partial charge in [0, 0.05) is 59.4 Å². The number of nitrogens with zero attached hydrogens (tertiary/aromatic N) is 2. The van der Waals surface area contributed by atoms with Gasteiger partial charge in [-0.1, -0.05) is 26.8 Å². The van der Waals surface area contributed by atoms with E-state index in [4.69, 9.17) is 0 Å². The van der Waals surface area contributed by atoms with E-state index in [1.807, 2.05) is 12.1 Å². The molecule has 2 aliphatic rings. The molecule has 2 aromatic carbocycles. The first-order valence-electron chi connectivity index (χ1n) is 10.7. The molecule has 5 heteroatoms. The van der Waals surface area contributed by atoms with Gasteiger partial charge in [-0.3, -0.25) is 4.79 Å². The fourth-order valence-electron chi connectivity index (χ4n) is 5.06. The Hall–Kier alpha value is -3.10. The van der Waals surface area contributed by atoms with Crippen LogP contribution in [0.1, 0.15) is 59.1 Å². The quantitative estimate of drug-likeness (QED) is 0.687. The number of aryl methyl sites for hydroxylation is 1. The van der Waals surface area contributed by atoms with Crippen molar-refractivity contribution in [2.45, 2.75) is 32.6 Å². The third kappa shape index (κ3) is 2.60. The zero-order chi connectivity index (χ0) is 21.0. The van der Waals surface area contributed by atoms with Crippen LogP contribution in [0.2, 0.25) is 0 Å². The number of fused-ring (bicyclic) bond motifs is 4. The number of hydrogen-bond donors (Lipinski definition) is 2. The second-order valence-electron chi connectivity index (χ2n) is 8.82. The Morgan fingerprint density at radius 2 is 1.93 bits per heavy atom. The molecule has 0 atom stereocenters. The lowest BCUT2D eigenvalue weighted by molar-refractivity contribution is 0.103. The highest BCUT2D eigenvalue weighted by Crippen LogP contribution is 2.45. The van der Waals surface area contributed by atoms with Gasteiger partial charge in [-0.05, 0) is 41.8 Å². The van der Waals surface area contributed by atoms with Crippen molar-refractivity contribution < 1.29 is 4.79 Å². The van der Waals surface area contributed by atoms with Crippen molar-refractivity contribution in [1.82, 2.24) is 10.3 Å². The van der Waals surface area contributed by atoms with Crippen molar-refractivity contribution in [3.8, 4) is 6.07 Å². The first kappa shape index (κ1) is 18.9.